The summed E-state index contributed by atoms with van der Waals surface area (Å²) < 4.78 is 10.6. The zero-order valence-electron chi connectivity index (χ0n) is 15.3. The van der Waals surface area contributed by atoms with Crippen LogP contribution in [0.25, 0.3) is 21.5 Å². The van der Waals surface area contributed by atoms with Gasteiger partial charge in [0, 0.05) is 5.56 Å². The third-order valence-corrected chi connectivity index (χ3v) is 6.37. The van der Waals surface area contributed by atoms with Crippen LogP contribution in [0.3, 0.4) is 0 Å². The van der Waals surface area contributed by atoms with E-state index in [2.05, 4.69) is 19.7 Å². The number of nitrogens with zero attached hydrogens (tertiary/aromatic N) is 3. The fraction of sp³-hybridized carbons (Fsp3) is 0.100. The Bertz CT molecular complexity index is 1160. The number of benzene rings is 2. The number of amides is 1. The van der Waals surface area contributed by atoms with E-state index in [0.29, 0.717) is 10.7 Å². The maximum atomic E-state index is 12.3. The van der Waals surface area contributed by atoms with Crippen LogP contribution in [-0.4, -0.2) is 33.1 Å². The topological polar surface area (TPSA) is 77.0 Å². The first-order chi connectivity index (χ1) is 14.2. The Kier molecular flexibility index (Phi) is 5.94. The average molecular weight is 443 g/mol. The number of ether oxygens (including phenoxy) is 1. The second-order valence-electron chi connectivity index (χ2n) is 5.93. The SMILES string of the molecule is COc1ccc(-c2nsc3c(SCC(=O)Nc4ccccc4Cl)ncnc23)cc1. The van der Waals surface area contributed by atoms with Crippen molar-refractivity contribution in [2.45, 2.75) is 5.03 Å². The Morgan fingerprint density at radius 3 is 2.72 bits per heavy atom. The molecule has 0 aliphatic heterocycles. The lowest BCUT2D eigenvalue weighted by Gasteiger charge is -2.06. The highest BCUT2D eigenvalue weighted by atomic mass is 35.5. The van der Waals surface area contributed by atoms with E-state index in [1.54, 1.807) is 19.2 Å². The minimum Gasteiger partial charge on any atom is -0.497 e. The van der Waals surface area contributed by atoms with Crippen LogP contribution in [0.15, 0.2) is 59.9 Å². The van der Waals surface area contributed by atoms with Gasteiger partial charge in [-0.15, -0.1) is 0 Å². The number of carbonyl (C=O) groups excluding carboxylic acids is 1. The summed E-state index contributed by atoms with van der Waals surface area (Å²) in [5.41, 5.74) is 3.09. The molecule has 4 aromatic rings. The number of anilines is 1. The van der Waals surface area contributed by atoms with Gasteiger partial charge in [0.05, 0.1) is 23.6 Å². The van der Waals surface area contributed by atoms with Crippen molar-refractivity contribution in [3.05, 3.63) is 59.9 Å². The van der Waals surface area contributed by atoms with Crippen LogP contribution in [0.2, 0.25) is 5.02 Å². The molecule has 0 radical (unpaired) electrons. The molecule has 0 saturated carbocycles. The monoisotopic (exact) mass is 442 g/mol. The predicted molar refractivity (Wildman–Crippen MR) is 118 cm³/mol. The number of rotatable bonds is 6. The van der Waals surface area contributed by atoms with Gasteiger partial charge in [-0.3, -0.25) is 4.79 Å². The first-order valence-electron chi connectivity index (χ1n) is 8.57. The summed E-state index contributed by atoms with van der Waals surface area (Å²) in [5.74, 6) is 0.825. The summed E-state index contributed by atoms with van der Waals surface area (Å²) in [5, 5.41) is 4.04. The second kappa shape index (κ2) is 8.77. The molecule has 29 heavy (non-hydrogen) atoms. The lowest BCUT2D eigenvalue weighted by atomic mass is 10.1. The average Bonchev–Trinajstić information content (AvgIpc) is 3.19. The van der Waals surface area contributed by atoms with E-state index in [1.807, 2.05) is 36.4 Å². The molecule has 0 atom stereocenters. The molecule has 1 amide bonds. The molecule has 2 heterocycles. The third-order valence-electron chi connectivity index (χ3n) is 4.08. The van der Waals surface area contributed by atoms with Gasteiger partial charge in [-0.05, 0) is 47.9 Å². The molecule has 2 aromatic carbocycles. The molecule has 0 aliphatic rings. The molecule has 6 nitrogen and oxygen atoms in total. The number of methoxy groups -OCH3 is 1. The van der Waals surface area contributed by atoms with Gasteiger partial charge in [-0.25, -0.2) is 9.97 Å². The largest absolute Gasteiger partial charge is 0.497 e. The molecule has 0 aliphatic carbocycles. The number of hydrogen-bond acceptors (Lipinski definition) is 7. The first-order valence-corrected chi connectivity index (χ1v) is 10.7. The van der Waals surface area contributed by atoms with Crippen molar-refractivity contribution >= 4 is 56.7 Å². The summed E-state index contributed by atoms with van der Waals surface area (Å²) >= 11 is 8.75. The van der Waals surface area contributed by atoms with Gasteiger partial charge in [-0.1, -0.05) is 35.5 Å². The lowest BCUT2D eigenvalue weighted by molar-refractivity contribution is -0.113. The van der Waals surface area contributed by atoms with Gasteiger partial charge in [0.2, 0.25) is 5.91 Å². The van der Waals surface area contributed by atoms with Gasteiger partial charge in [0.15, 0.2) is 0 Å². The van der Waals surface area contributed by atoms with Gasteiger partial charge in [0.1, 0.15) is 33.0 Å². The number of fused-ring (bicyclic) bond motifs is 1. The molecule has 146 valence electrons. The zero-order chi connectivity index (χ0) is 20.2. The molecule has 0 fully saturated rings. The quantitative estimate of drug-likeness (QED) is 0.329. The molecule has 4 rings (SSSR count). The number of thioether (sulfide) groups is 1. The summed E-state index contributed by atoms with van der Waals surface area (Å²) in [6, 6.07) is 14.8. The number of para-hydroxylation sites is 1. The van der Waals surface area contributed by atoms with E-state index in [0.717, 1.165) is 32.2 Å². The Morgan fingerprint density at radius 2 is 1.97 bits per heavy atom. The molecule has 2 aromatic heterocycles. The van der Waals surface area contributed by atoms with E-state index in [1.165, 1.54) is 29.6 Å². The number of hydrogen-bond donors (Lipinski definition) is 1. The number of aromatic nitrogens is 3. The number of carbonyl (C=O) groups is 1. The second-order valence-corrected chi connectivity index (χ2v) is 8.08. The summed E-state index contributed by atoms with van der Waals surface area (Å²) in [7, 11) is 1.63. The van der Waals surface area contributed by atoms with Crippen LogP contribution < -0.4 is 10.1 Å². The molecule has 0 saturated heterocycles. The van der Waals surface area contributed by atoms with Gasteiger partial charge >= 0.3 is 0 Å². The number of halogens is 1. The molecular formula is C20H15ClN4O2S2. The van der Waals surface area contributed by atoms with Crippen molar-refractivity contribution in [1.82, 2.24) is 14.3 Å². The van der Waals surface area contributed by atoms with Crippen molar-refractivity contribution in [1.29, 1.82) is 0 Å². The fourth-order valence-electron chi connectivity index (χ4n) is 2.67. The van der Waals surface area contributed by atoms with E-state index < -0.39 is 0 Å². The minimum atomic E-state index is -0.158. The Morgan fingerprint density at radius 1 is 1.17 bits per heavy atom. The summed E-state index contributed by atoms with van der Waals surface area (Å²) in [4.78, 5) is 21.0. The fourth-order valence-corrected chi connectivity index (χ4v) is 4.57. The van der Waals surface area contributed by atoms with Gasteiger partial charge in [-0.2, -0.15) is 4.37 Å². The molecule has 0 spiro atoms. The van der Waals surface area contributed by atoms with Crippen LogP contribution in [0.4, 0.5) is 5.69 Å². The lowest BCUT2D eigenvalue weighted by Crippen LogP contribution is -2.14. The molecular weight excluding hydrogens is 428 g/mol. The maximum absolute atomic E-state index is 12.3. The molecule has 9 heteroatoms. The van der Waals surface area contributed by atoms with Crippen molar-refractivity contribution in [3.63, 3.8) is 0 Å². The molecule has 1 N–H and O–H groups in total. The van der Waals surface area contributed by atoms with Crippen LogP contribution in [0.5, 0.6) is 5.75 Å². The normalized spacial score (nSPS) is 10.8. The highest BCUT2D eigenvalue weighted by molar-refractivity contribution is 8.00. The summed E-state index contributed by atoms with van der Waals surface area (Å²) in [6.07, 6.45) is 1.50. The van der Waals surface area contributed by atoms with Gasteiger partial charge in [0.25, 0.3) is 0 Å². The molecule has 0 bridgehead atoms. The zero-order valence-corrected chi connectivity index (χ0v) is 17.6. The minimum absolute atomic E-state index is 0.158. The highest BCUT2D eigenvalue weighted by Crippen LogP contribution is 2.35. The van der Waals surface area contributed by atoms with Crippen molar-refractivity contribution in [3.8, 4) is 17.0 Å². The van der Waals surface area contributed by atoms with E-state index in [9.17, 15) is 4.79 Å². The van der Waals surface area contributed by atoms with Crippen molar-refractivity contribution in [2.24, 2.45) is 0 Å². The van der Waals surface area contributed by atoms with Crippen molar-refractivity contribution < 1.29 is 9.53 Å². The Hall–Kier alpha value is -2.68. The number of nitrogens with one attached hydrogen (secondary N) is 1. The van der Waals surface area contributed by atoms with Crippen LogP contribution in [0.1, 0.15) is 0 Å². The van der Waals surface area contributed by atoms with Crippen LogP contribution in [-0.2, 0) is 4.79 Å². The highest BCUT2D eigenvalue weighted by Gasteiger charge is 2.16. The standard InChI is InChI=1S/C20H15ClN4O2S2/c1-27-13-8-6-12(7-9-13)17-18-19(29-25-17)20(23-11-22-18)28-10-16(26)24-15-5-3-2-4-14(15)21/h2-9,11H,10H2,1H3,(H,24,26). The van der Waals surface area contributed by atoms with Gasteiger partial charge < -0.3 is 10.1 Å². The van der Waals surface area contributed by atoms with E-state index in [-0.39, 0.29) is 11.7 Å². The van der Waals surface area contributed by atoms with Crippen molar-refractivity contribution in [2.75, 3.05) is 18.2 Å². The maximum Gasteiger partial charge on any atom is 0.234 e. The molecule has 0 unspecified atom stereocenters. The predicted octanol–water partition coefficient (Wildman–Crippen LogP) is 5.15. The van der Waals surface area contributed by atoms with Crippen LogP contribution >= 0.6 is 34.9 Å². The van der Waals surface area contributed by atoms with Crippen LogP contribution in [0, 0.1) is 0 Å². The Balaban J connectivity index is 1.52. The van der Waals surface area contributed by atoms with E-state index >= 15 is 0 Å². The first kappa shape index (κ1) is 19.6. The summed E-state index contributed by atoms with van der Waals surface area (Å²) in [6.45, 7) is 0. The third kappa shape index (κ3) is 4.34. The van der Waals surface area contributed by atoms with E-state index in [4.69, 9.17) is 16.3 Å². The smallest absolute Gasteiger partial charge is 0.234 e. The Labute approximate surface area is 180 Å².